The molecule has 124 valence electrons. The van der Waals surface area contributed by atoms with E-state index in [9.17, 15) is 4.79 Å². The fraction of sp³-hybridized carbons (Fsp3) is 0.412. The van der Waals surface area contributed by atoms with Crippen molar-refractivity contribution in [3.05, 3.63) is 39.8 Å². The number of piperidine rings is 1. The van der Waals surface area contributed by atoms with Crippen LogP contribution in [0.3, 0.4) is 0 Å². The van der Waals surface area contributed by atoms with E-state index in [-0.39, 0.29) is 11.3 Å². The third-order valence-electron chi connectivity index (χ3n) is 4.86. The highest BCUT2D eigenvalue weighted by molar-refractivity contribution is 7.11. The lowest BCUT2D eigenvalue weighted by atomic mass is 9.81. The minimum absolute atomic E-state index is 0.0669. The van der Waals surface area contributed by atoms with Gasteiger partial charge in [-0.15, -0.1) is 11.3 Å². The minimum atomic E-state index is 0.0669. The van der Waals surface area contributed by atoms with E-state index in [0.717, 1.165) is 37.0 Å². The number of aromatic nitrogens is 4. The number of likely N-dealkylation sites (tertiary alicyclic amines) is 1. The fourth-order valence-corrected chi connectivity index (χ4v) is 4.17. The van der Waals surface area contributed by atoms with Gasteiger partial charge < -0.3 is 4.90 Å². The number of rotatable bonds is 2. The lowest BCUT2D eigenvalue weighted by molar-refractivity contribution is 0.0676. The average Bonchev–Trinajstić information content (AvgIpc) is 3.23. The Morgan fingerprint density at radius 1 is 1.25 bits per heavy atom. The summed E-state index contributed by atoms with van der Waals surface area (Å²) < 4.78 is 0. The first-order valence-electron chi connectivity index (χ1n) is 8.08. The van der Waals surface area contributed by atoms with Crippen molar-refractivity contribution in [3.63, 3.8) is 0 Å². The van der Waals surface area contributed by atoms with Gasteiger partial charge in [-0.1, -0.05) is 6.92 Å². The molecular formula is C17H19N5OS. The lowest BCUT2D eigenvalue weighted by Crippen LogP contribution is -2.43. The van der Waals surface area contributed by atoms with E-state index in [0.29, 0.717) is 5.56 Å². The zero-order valence-corrected chi connectivity index (χ0v) is 14.6. The summed E-state index contributed by atoms with van der Waals surface area (Å²) in [6.07, 6.45) is 3.83. The number of carbonyl (C=O) groups excluding carboxylic acids is 1. The number of nitrogens with one attached hydrogen (secondary N) is 1. The monoisotopic (exact) mass is 341 g/mol. The zero-order valence-electron chi connectivity index (χ0n) is 13.7. The van der Waals surface area contributed by atoms with Crippen molar-refractivity contribution >= 4 is 28.3 Å². The topological polar surface area (TPSA) is 74.8 Å². The molecule has 0 unspecified atom stereocenters. The molecule has 2 aromatic heterocycles. The number of fused-ring (bicyclic) bond motifs is 1. The number of hydrogen-bond acceptors (Lipinski definition) is 5. The molecule has 24 heavy (non-hydrogen) atoms. The predicted molar refractivity (Wildman–Crippen MR) is 93.2 cm³/mol. The lowest BCUT2D eigenvalue weighted by Gasteiger charge is -2.38. The van der Waals surface area contributed by atoms with Gasteiger partial charge in [0.2, 0.25) is 0 Å². The van der Waals surface area contributed by atoms with Crippen LogP contribution in [0.4, 0.5) is 0 Å². The van der Waals surface area contributed by atoms with Gasteiger partial charge in [0.05, 0.1) is 5.01 Å². The summed E-state index contributed by atoms with van der Waals surface area (Å²) in [5.41, 5.74) is 2.24. The second-order valence-electron chi connectivity index (χ2n) is 6.66. The number of hydrogen-bond donors (Lipinski definition) is 1. The number of amides is 1. The van der Waals surface area contributed by atoms with Gasteiger partial charge in [0.25, 0.3) is 5.91 Å². The molecule has 7 heteroatoms. The van der Waals surface area contributed by atoms with Crippen LogP contribution < -0.4 is 0 Å². The van der Waals surface area contributed by atoms with Gasteiger partial charge in [-0.25, -0.2) is 4.98 Å². The van der Waals surface area contributed by atoms with Gasteiger partial charge in [0.15, 0.2) is 0 Å². The highest BCUT2D eigenvalue weighted by atomic mass is 32.1. The Hall–Kier alpha value is -2.28. The van der Waals surface area contributed by atoms with Crippen LogP contribution in [-0.2, 0) is 5.41 Å². The second-order valence-corrected chi connectivity index (χ2v) is 7.89. The number of benzene rings is 1. The smallest absolute Gasteiger partial charge is 0.253 e. The van der Waals surface area contributed by atoms with Crippen LogP contribution in [0.1, 0.15) is 40.0 Å². The number of nitrogens with zero attached hydrogens (tertiary/aromatic N) is 4. The maximum Gasteiger partial charge on any atom is 0.253 e. The van der Waals surface area contributed by atoms with Crippen LogP contribution in [0.2, 0.25) is 0 Å². The van der Waals surface area contributed by atoms with Crippen LogP contribution in [0.5, 0.6) is 0 Å². The molecule has 1 saturated heterocycles. The molecule has 0 radical (unpaired) electrons. The van der Waals surface area contributed by atoms with E-state index in [1.54, 1.807) is 17.4 Å². The molecule has 0 aliphatic carbocycles. The normalized spacial score (nSPS) is 17.3. The van der Waals surface area contributed by atoms with Gasteiger partial charge in [-0.3, -0.25) is 4.79 Å². The second kappa shape index (κ2) is 5.66. The average molecular weight is 341 g/mol. The Kier molecular flexibility index (Phi) is 3.60. The van der Waals surface area contributed by atoms with Crippen molar-refractivity contribution in [1.82, 2.24) is 25.3 Å². The fourth-order valence-electron chi connectivity index (χ4n) is 3.21. The quantitative estimate of drug-likeness (QED) is 0.778. The van der Waals surface area contributed by atoms with E-state index >= 15 is 0 Å². The van der Waals surface area contributed by atoms with Gasteiger partial charge in [0.1, 0.15) is 11.0 Å². The SMILES string of the molecule is Cc1cnc(C2(C)CCN(C(=O)c3ccc4n[nH]nc4c3)CC2)s1. The highest BCUT2D eigenvalue weighted by Crippen LogP contribution is 2.37. The number of carbonyl (C=O) groups is 1. The molecule has 1 fully saturated rings. The standard InChI is InChI=1S/C17H19N5OS/c1-11-10-18-16(24-11)17(2)5-7-22(8-6-17)15(23)12-3-4-13-14(9-12)20-21-19-13/h3-4,9-10H,5-8H2,1-2H3,(H,19,20,21). The largest absolute Gasteiger partial charge is 0.339 e. The minimum Gasteiger partial charge on any atom is -0.339 e. The summed E-state index contributed by atoms with van der Waals surface area (Å²) in [6, 6.07) is 5.46. The van der Waals surface area contributed by atoms with Crippen molar-refractivity contribution in [1.29, 1.82) is 0 Å². The predicted octanol–water partition coefficient (Wildman–Crippen LogP) is 2.92. The van der Waals surface area contributed by atoms with E-state index in [4.69, 9.17) is 0 Å². The molecule has 3 aromatic rings. The summed E-state index contributed by atoms with van der Waals surface area (Å²) in [5.74, 6) is 0.0669. The molecular weight excluding hydrogens is 322 g/mol. The van der Waals surface area contributed by atoms with Crippen molar-refractivity contribution in [2.24, 2.45) is 0 Å². The van der Waals surface area contributed by atoms with E-state index in [2.05, 4.69) is 34.2 Å². The maximum absolute atomic E-state index is 12.8. The van der Waals surface area contributed by atoms with E-state index < -0.39 is 0 Å². The number of aryl methyl sites for hydroxylation is 1. The summed E-state index contributed by atoms with van der Waals surface area (Å²) in [4.78, 5) is 20.5. The molecule has 0 bridgehead atoms. The van der Waals surface area contributed by atoms with Crippen LogP contribution in [0.25, 0.3) is 11.0 Å². The van der Waals surface area contributed by atoms with Crippen molar-refractivity contribution < 1.29 is 4.79 Å². The number of H-pyrrole nitrogens is 1. The van der Waals surface area contributed by atoms with E-state index in [1.807, 2.05) is 23.2 Å². The van der Waals surface area contributed by atoms with E-state index in [1.165, 1.54) is 9.88 Å². The summed E-state index contributed by atoms with van der Waals surface area (Å²) in [6.45, 7) is 5.85. The first-order chi connectivity index (χ1) is 11.5. The molecule has 1 aromatic carbocycles. The molecule has 1 N–H and O–H groups in total. The van der Waals surface area contributed by atoms with Gasteiger partial charge >= 0.3 is 0 Å². The molecule has 0 atom stereocenters. The Morgan fingerprint density at radius 2 is 2.00 bits per heavy atom. The summed E-state index contributed by atoms with van der Waals surface area (Å²) in [7, 11) is 0. The first kappa shape index (κ1) is 15.3. The number of thiazole rings is 1. The molecule has 6 nitrogen and oxygen atoms in total. The third-order valence-corrected chi connectivity index (χ3v) is 6.07. The number of aromatic amines is 1. The molecule has 1 amide bonds. The van der Waals surface area contributed by atoms with Gasteiger partial charge in [0, 0.05) is 35.1 Å². The van der Waals surface area contributed by atoms with Gasteiger partial charge in [-0.2, -0.15) is 15.4 Å². The maximum atomic E-state index is 12.8. The van der Waals surface area contributed by atoms with Crippen molar-refractivity contribution in [2.45, 2.75) is 32.1 Å². The third kappa shape index (κ3) is 2.58. The Bertz CT molecular complexity index is 891. The Labute approximate surface area is 143 Å². The van der Waals surface area contributed by atoms with Crippen LogP contribution in [-0.4, -0.2) is 44.3 Å². The van der Waals surface area contributed by atoms with Crippen LogP contribution in [0.15, 0.2) is 24.4 Å². The molecule has 1 aliphatic heterocycles. The van der Waals surface area contributed by atoms with Crippen molar-refractivity contribution in [3.8, 4) is 0 Å². The van der Waals surface area contributed by atoms with Crippen molar-refractivity contribution in [2.75, 3.05) is 13.1 Å². The Balaban J connectivity index is 1.49. The van der Waals surface area contributed by atoms with Crippen LogP contribution >= 0.6 is 11.3 Å². The molecule has 0 saturated carbocycles. The zero-order chi connectivity index (χ0) is 16.7. The first-order valence-corrected chi connectivity index (χ1v) is 8.89. The molecule has 4 rings (SSSR count). The molecule has 3 heterocycles. The van der Waals surface area contributed by atoms with Crippen LogP contribution in [0, 0.1) is 6.92 Å². The van der Waals surface area contributed by atoms with Gasteiger partial charge in [-0.05, 0) is 38.0 Å². The molecule has 0 spiro atoms. The summed E-state index contributed by atoms with van der Waals surface area (Å²) in [5, 5.41) is 11.9. The Morgan fingerprint density at radius 3 is 2.71 bits per heavy atom. The molecule has 1 aliphatic rings. The highest BCUT2D eigenvalue weighted by Gasteiger charge is 2.35. The summed E-state index contributed by atoms with van der Waals surface area (Å²) >= 11 is 1.77.